The Morgan fingerprint density at radius 3 is 2.15 bits per heavy atom. The van der Waals surface area contributed by atoms with Gasteiger partial charge in [-0.2, -0.15) is 0 Å². The minimum Gasteiger partial charge on any atom is -0.330 e. The van der Waals surface area contributed by atoms with Gasteiger partial charge in [-0.25, -0.2) is 13.2 Å². The third kappa shape index (κ3) is 3.84. The van der Waals surface area contributed by atoms with Gasteiger partial charge in [0.25, 0.3) is 0 Å². The number of hydrogen-bond acceptors (Lipinski definition) is 1. The summed E-state index contributed by atoms with van der Waals surface area (Å²) in [7, 11) is 0. The van der Waals surface area contributed by atoms with Gasteiger partial charge in [0, 0.05) is 6.07 Å². The Morgan fingerprint density at radius 1 is 0.900 bits per heavy atom. The van der Waals surface area contributed by atoms with Crippen molar-refractivity contribution >= 4 is 0 Å². The van der Waals surface area contributed by atoms with Crippen LogP contribution in [0.3, 0.4) is 0 Å². The molecule has 1 atom stereocenters. The van der Waals surface area contributed by atoms with Crippen molar-refractivity contribution in [2.24, 2.45) is 11.7 Å². The van der Waals surface area contributed by atoms with E-state index in [0.29, 0.717) is 30.5 Å². The smallest absolute Gasteiger partial charge is 0.126 e. The maximum absolute atomic E-state index is 13.6. The van der Waals surface area contributed by atoms with Gasteiger partial charge in [0.15, 0.2) is 0 Å². The van der Waals surface area contributed by atoms with Gasteiger partial charge in [-0.15, -0.1) is 0 Å². The predicted octanol–water partition coefficient (Wildman–Crippen LogP) is 3.46. The zero-order valence-electron chi connectivity index (χ0n) is 11.0. The summed E-state index contributed by atoms with van der Waals surface area (Å²) < 4.78 is 39.9. The molecule has 2 rings (SSSR count). The Balaban J connectivity index is 2.11. The van der Waals surface area contributed by atoms with Gasteiger partial charge in [0.2, 0.25) is 0 Å². The van der Waals surface area contributed by atoms with Crippen molar-refractivity contribution in [1.82, 2.24) is 0 Å². The quantitative estimate of drug-likeness (QED) is 0.891. The summed E-state index contributed by atoms with van der Waals surface area (Å²) in [6.07, 6.45) is 0.862. The summed E-state index contributed by atoms with van der Waals surface area (Å²) in [5.74, 6) is -1.56. The molecule has 106 valence electrons. The Morgan fingerprint density at radius 2 is 1.55 bits per heavy atom. The Labute approximate surface area is 116 Å². The van der Waals surface area contributed by atoms with Gasteiger partial charge in [-0.1, -0.05) is 18.2 Å². The van der Waals surface area contributed by atoms with Crippen molar-refractivity contribution in [3.63, 3.8) is 0 Å². The number of halogens is 3. The molecule has 0 fully saturated rings. The van der Waals surface area contributed by atoms with E-state index in [-0.39, 0.29) is 11.7 Å². The lowest BCUT2D eigenvalue weighted by atomic mass is 9.92. The van der Waals surface area contributed by atoms with E-state index in [9.17, 15) is 13.2 Å². The predicted molar refractivity (Wildman–Crippen MR) is 72.7 cm³/mol. The van der Waals surface area contributed by atoms with Gasteiger partial charge in [-0.05, 0) is 54.6 Å². The molecule has 0 spiro atoms. The van der Waals surface area contributed by atoms with E-state index in [1.165, 1.54) is 18.2 Å². The number of hydrogen-bond donors (Lipinski definition) is 1. The van der Waals surface area contributed by atoms with Gasteiger partial charge >= 0.3 is 0 Å². The Kier molecular flexibility index (Phi) is 4.79. The van der Waals surface area contributed by atoms with E-state index in [1.54, 1.807) is 18.2 Å². The normalized spacial score (nSPS) is 12.4. The third-order valence-corrected chi connectivity index (χ3v) is 3.25. The Hall–Kier alpha value is -1.81. The highest BCUT2D eigenvalue weighted by molar-refractivity contribution is 5.21. The van der Waals surface area contributed by atoms with Crippen molar-refractivity contribution in [3.8, 4) is 0 Å². The molecule has 4 heteroatoms. The molecule has 1 unspecified atom stereocenters. The average Bonchev–Trinajstić information content (AvgIpc) is 2.39. The van der Waals surface area contributed by atoms with E-state index >= 15 is 0 Å². The molecule has 1 nitrogen and oxygen atoms in total. The number of rotatable bonds is 5. The largest absolute Gasteiger partial charge is 0.330 e. The van der Waals surface area contributed by atoms with Crippen LogP contribution >= 0.6 is 0 Å². The second-order valence-corrected chi connectivity index (χ2v) is 4.88. The van der Waals surface area contributed by atoms with Crippen LogP contribution < -0.4 is 5.73 Å². The highest BCUT2D eigenvalue weighted by Gasteiger charge is 2.13. The minimum atomic E-state index is -0.610. The van der Waals surface area contributed by atoms with Crippen molar-refractivity contribution in [1.29, 1.82) is 0 Å². The maximum atomic E-state index is 13.6. The molecule has 0 aromatic heterocycles. The fraction of sp³-hybridized carbons (Fsp3) is 0.250. The second-order valence-electron chi connectivity index (χ2n) is 4.88. The van der Waals surface area contributed by atoms with Crippen LogP contribution in [0.2, 0.25) is 0 Å². The highest BCUT2D eigenvalue weighted by Crippen LogP contribution is 2.18. The summed E-state index contributed by atoms with van der Waals surface area (Å²) >= 11 is 0. The molecule has 2 aromatic rings. The van der Waals surface area contributed by atoms with Gasteiger partial charge in [-0.3, -0.25) is 0 Å². The van der Waals surface area contributed by atoms with Crippen LogP contribution in [0.25, 0.3) is 0 Å². The first-order valence-electron chi connectivity index (χ1n) is 6.47. The lowest BCUT2D eigenvalue weighted by molar-refractivity contribution is 0.506. The zero-order valence-corrected chi connectivity index (χ0v) is 11.0. The van der Waals surface area contributed by atoms with Gasteiger partial charge < -0.3 is 5.73 Å². The first-order valence-corrected chi connectivity index (χ1v) is 6.47. The Bertz CT molecular complexity index is 563. The van der Waals surface area contributed by atoms with E-state index in [4.69, 9.17) is 5.73 Å². The van der Waals surface area contributed by atoms with Gasteiger partial charge in [0.1, 0.15) is 17.5 Å². The second kappa shape index (κ2) is 6.57. The SMILES string of the molecule is NCC(Cc1cc(F)cc(F)c1)Cc1ccccc1F. The highest BCUT2D eigenvalue weighted by atomic mass is 19.1. The summed E-state index contributed by atoms with van der Waals surface area (Å²) in [6.45, 7) is 0.326. The van der Waals surface area contributed by atoms with Crippen molar-refractivity contribution in [2.75, 3.05) is 6.54 Å². The molecule has 2 aromatic carbocycles. The lowest BCUT2D eigenvalue weighted by Crippen LogP contribution is -2.20. The van der Waals surface area contributed by atoms with Crippen LogP contribution in [0, 0.1) is 23.4 Å². The van der Waals surface area contributed by atoms with Crippen molar-refractivity contribution in [2.45, 2.75) is 12.8 Å². The van der Waals surface area contributed by atoms with Crippen LogP contribution in [0.1, 0.15) is 11.1 Å². The molecule has 0 aliphatic heterocycles. The molecule has 0 saturated heterocycles. The van der Waals surface area contributed by atoms with Crippen molar-refractivity contribution in [3.05, 3.63) is 71.0 Å². The van der Waals surface area contributed by atoms with E-state index in [2.05, 4.69) is 0 Å². The van der Waals surface area contributed by atoms with Crippen LogP contribution in [0.4, 0.5) is 13.2 Å². The molecule has 0 aliphatic carbocycles. The fourth-order valence-electron chi connectivity index (χ4n) is 2.28. The van der Waals surface area contributed by atoms with E-state index < -0.39 is 11.6 Å². The molecule has 0 radical (unpaired) electrons. The molecule has 0 bridgehead atoms. The standard InChI is InChI=1S/C16H16F3N/c17-14-7-11(8-15(18)9-14)5-12(10-20)6-13-3-1-2-4-16(13)19/h1-4,7-9,12H,5-6,10,20H2. The van der Waals surface area contributed by atoms with Crippen LogP contribution in [0.5, 0.6) is 0 Å². The molecule has 0 heterocycles. The molecular formula is C16H16F3N. The van der Waals surface area contributed by atoms with E-state index in [0.717, 1.165) is 6.07 Å². The molecule has 0 saturated carbocycles. The minimum absolute atomic E-state index is 0.0619. The summed E-state index contributed by atoms with van der Waals surface area (Å²) in [5, 5.41) is 0. The van der Waals surface area contributed by atoms with Crippen LogP contribution in [-0.4, -0.2) is 6.54 Å². The first kappa shape index (κ1) is 14.6. The molecular weight excluding hydrogens is 263 g/mol. The summed E-state index contributed by atoms with van der Waals surface area (Å²) in [4.78, 5) is 0. The monoisotopic (exact) mass is 279 g/mol. The molecule has 0 amide bonds. The van der Waals surface area contributed by atoms with Crippen LogP contribution in [-0.2, 0) is 12.8 Å². The average molecular weight is 279 g/mol. The fourth-order valence-corrected chi connectivity index (χ4v) is 2.28. The van der Waals surface area contributed by atoms with Crippen molar-refractivity contribution < 1.29 is 13.2 Å². The summed E-state index contributed by atoms with van der Waals surface area (Å²) in [6, 6.07) is 9.87. The van der Waals surface area contributed by atoms with Crippen LogP contribution in [0.15, 0.2) is 42.5 Å². The maximum Gasteiger partial charge on any atom is 0.126 e. The molecule has 2 N–H and O–H groups in total. The molecule has 0 aliphatic rings. The number of benzene rings is 2. The number of nitrogens with two attached hydrogens (primary N) is 1. The van der Waals surface area contributed by atoms with E-state index in [1.807, 2.05) is 0 Å². The molecule has 20 heavy (non-hydrogen) atoms. The summed E-state index contributed by atoms with van der Waals surface area (Å²) in [5.41, 5.74) is 6.79. The van der Waals surface area contributed by atoms with Gasteiger partial charge in [0.05, 0.1) is 0 Å². The zero-order chi connectivity index (χ0) is 14.5. The topological polar surface area (TPSA) is 26.0 Å². The first-order chi connectivity index (χ1) is 9.58. The third-order valence-electron chi connectivity index (χ3n) is 3.25. The lowest BCUT2D eigenvalue weighted by Gasteiger charge is -2.15.